The Bertz CT molecular complexity index is 423. The van der Waals surface area contributed by atoms with Crippen molar-refractivity contribution in [3.63, 3.8) is 0 Å². The lowest BCUT2D eigenvalue weighted by Gasteiger charge is -2.41. The maximum Gasteiger partial charge on any atom is 0.0410 e. The van der Waals surface area contributed by atoms with Gasteiger partial charge in [0.15, 0.2) is 0 Å². The number of nitrogens with one attached hydrogen (secondary N) is 1. The van der Waals surface area contributed by atoms with Gasteiger partial charge in [-0.25, -0.2) is 0 Å². The van der Waals surface area contributed by atoms with E-state index >= 15 is 0 Å². The topological polar surface area (TPSA) is 15.3 Å². The average molecular weight is 346 g/mol. The molecule has 4 heteroatoms. The summed E-state index contributed by atoms with van der Waals surface area (Å²) >= 11 is 9.89. The largest absolute Gasteiger partial charge is 0.319 e. The molecule has 2 unspecified atom stereocenters. The highest BCUT2D eigenvalue weighted by Gasteiger charge is 2.32. The van der Waals surface area contributed by atoms with Gasteiger partial charge < -0.3 is 5.32 Å². The summed E-state index contributed by atoms with van der Waals surface area (Å²) < 4.78 is 1.17. The molecule has 0 spiro atoms. The summed E-state index contributed by atoms with van der Waals surface area (Å²) in [5, 5.41) is 4.16. The van der Waals surface area contributed by atoms with E-state index in [-0.39, 0.29) is 0 Å². The van der Waals surface area contributed by atoms with Crippen LogP contribution in [0, 0.1) is 5.92 Å². The second-order valence-electron chi connectivity index (χ2n) is 5.20. The molecule has 1 heterocycles. The maximum atomic E-state index is 6.20. The lowest BCUT2D eigenvalue weighted by Crippen LogP contribution is -2.42. The van der Waals surface area contributed by atoms with E-state index in [1.54, 1.807) is 0 Å². The highest BCUT2D eigenvalue weighted by atomic mass is 79.9. The van der Waals surface area contributed by atoms with Gasteiger partial charge in [0.05, 0.1) is 0 Å². The van der Waals surface area contributed by atoms with Crippen molar-refractivity contribution in [3.05, 3.63) is 33.3 Å². The number of benzene rings is 1. The van der Waals surface area contributed by atoms with Crippen LogP contribution in [0.4, 0.5) is 0 Å². The van der Waals surface area contributed by atoms with E-state index in [1.807, 2.05) is 13.1 Å². The number of halogens is 2. The third-order valence-electron chi connectivity index (χ3n) is 4.01. The predicted molar refractivity (Wildman–Crippen MR) is 85.8 cm³/mol. The van der Waals surface area contributed by atoms with Crippen molar-refractivity contribution in [1.82, 2.24) is 10.2 Å². The second kappa shape index (κ2) is 7.07. The summed E-state index contributed by atoms with van der Waals surface area (Å²) in [6.07, 6.45) is 2.57. The molecule has 0 radical (unpaired) electrons. The van der Waals surface area contributed by atoms with Crippen LogP contribution >= 0.6 is 27.5 Å². The summed E-state index contributed by atoms with van der Waals surface area (Å²) in [6.45, 7) is 5.57. The van der Waals surface area contributed by atoms with Crippen LogP contribution in [0.15, 0.2) is 22.7 Å². The standard InChI is InChI=1S/C15H22BrClN2/c1-3-19-8-4-5-11(10-18-2)15(19)13-9-12(17)6-7-14(13)16/h6-7,9,11,15,18H,3-5,8,10H2,1-2H3. The summed E-state index contributed by atoms with van der Waals surface area (Å²) in [4.78, 5) is 2.57. The Morgan fingerprint density at radius 3 is 2.95 bits per heavy atom. The Morgan fingerprint density at radius 2 is 2.26 bits per heavy atom. The molecule has 19 heavy (non-hydrogen) atoms. The van der Waals surface area contributed by atoms with Gasteiger partial charge in [-0.2, -0.15) is 0 Å². The van der Waals surface area contributed by atoms with E-state index in [0.29, 0.717) is 12.0 Å². The van der Waals surface area contributed by atoms with Gasteiger partial charge in [-0.05, 0) is 69.2 Å². The van der Waals surface area contributed by atoms with Crippen LogP contribution in [0.1, 0.15) is 31.4 Å². The monoisotopic (exact) mass is 344 g/mol. The van der Waals surface area contributed by atoms with Gasteiger partial charge in [0.25, 0.3) is 0 Å². The third-order valence-corrected chi connectivity index (χ3v) is 4.97. The minimum Gasteiger partial charge on any atom is -0.319 e. The molecule has 1 aromatic rings. The minimum absolute atomic E-state index is 0.458. The van der Waals surface area contributed by atoms with Gasteiger partial charge in [0, 0.05) is 15.5 Å². The first-order valence-corrected chi connectivity index (χ1v) is 8.18. The predicted octanol–water partition coefficient (Wildman–Crippen LogP) is 4.09. The molecule has 2 nitrogen and oxygen atoms in total. The molecule has 0 aromatic heterocycles. The third kappa shape index (κ3) is 3.52. The molecule has 1 aromatic carbocycles. The Morgan fingerprint density at radius 1 is 1.47 bits per heavy atom. The fourth-order valence-corrected chi connectivity index (χ4v) is 3.84. The molecule has 0 aliphatic carbocycles. The van der Waals surface area contributed by atoms with E-state index < -0.39 is 0 Å². The maximum absolute atomic E-state index is 6.20. The van der Waals surface area contributed by atoms with Gasteiger partial charge in [-0.3, -0.25) is 4.90 Å². The van der Waals surface area contributed by atoms with Crippen LogP contribution in [0.25, 0.3) is 0 Å². The average Bonchev–Trinajstić information content (AvgIpc) is 2.42. The Labute approximate surface area is 129 Å². The Hall–Kier alpha value is -0.0900. The summed E-state index contributed by atoms with van der Waals surface area (Å²) in [7, 11) is 2.04. The molecule has 1 aliphatic heterocycles. The Balaban J connectivity index is 2.36. The molecule has 2 atom stereocenters. The summed E-state index contributed by atoms with van der Waals surface area (Å²) in [5.74, 6) is 0.647. The minimum atomic E-state index is 0.458. The summed E-state index contributed by atoms with van der Waals surface area (Å²) in [6, 6.07) is 6.59. The van der Waals surface area contributed by atoms with Crippen molar-refractivity contribution in [2.45, 2.75) is 25.8 Å². The number of rotatable bonds is 4. The van der Waals surface area contributed by atoms with Crippen LogP contribution in [0.3, 0.4) is 0 Å². The van der Waals surface area contributed by atoms with Crippen molar-refractivity contribution >= 4 is 27.5 Å². The van der Waals surface area contributed by atoms with E-state index in [1.165, 1.54) is 29.4 Å². The fraction of sp³-hybridized carbons (Fsp3) is 0.600. The molecule has 1 saturated heterocycles. The van der Waals surface area contributed by atoms with Crippen molar-refractivity contribution in [1.29, 1.82) is 0 Å². The van der Waals surface area contributed by atoms with Gasteiger partial charge >= 0.3 is 0 Å². The van der Waals surface area contributed by atoms with E-state index in [0.717, 1.165) is 18.1 Å². The first kappa shape index (κ1) is 15.3. The van der Waals surface area contributed by atoms with Gasteiger partial charge in [-0.1, -0.05) is 34.5 Å². The molecule has 1 fully saturated rings. The SMILES string of the molecule is CCN1CCCC(CNC)C1c1cc(Cl)ccc1Br. The molecular weight excluding hydrogens is 324 g/mol. The zero-order valence-electron chi connectivity index (χ0n) is 11.6. The first-order chi connectivity index (χ1) is 9.17. The van der Waals surface area contributed by atoms with Crippen molar-refractivity contribution in [3.8, 4) is 0 Å². The molecule has 0 saturated carbocycles. The molecule has 1 aliphatic rings. The van der Waals surface area contributed by atoms with E-state index in [2.05, 4.69) is 45.2 Å². The van der Waals surface area contributed by atoms with Crippen LogP contribution in [0.5, 0.6) is 0 Å². The number of likely N-dealkylation sites (tertiary alicyclic amines) is 1. The molecule has 2 rings (SSSR count). The normalized spacial score (nSPS) is 24.6. The lowest BCUT2D eigenvalue weighted by molar-refractivity contribution is 0.0977. The van der Waals surface area contributed by atoms with Crippen molar-refractivity contribution in [2.75, 3.05) is 26.7 Å². The zero-order valence-corrected chi connectivity index (χ0v) is 14.0. The summed E-state index contributed by atoms with van der Waals surface area (Å²) in [5.41, 5.74) is 1.33. The van der Waals surface area contributed by atoms with Crippen LogP contribution in [-0.2, 0) is 0 Å². The van der Waals surface area contributed by atoms with Gasteiger partial charge in [0.1, 0.15) is 0 Å². The van der Waals surface area contributed by atoms with Gasteiger partial charge in [0.2, 0.25) is 0 Å². The smallest absolute Gasteiger partial charge is 0.0410 e. The molecule has 0 bridgehead atoms. The molecular formula is C15H22BrClN2. The van der Waals surface area contributed by atoms with Crippen molar-refractivity contribution in [2.24, 2.45) is 5.92 Å². The first-order valence-electron chi connectivity index (χ1n) is 7.01. The lowest BCUT2D eigenvalue weighted by atomic mass is 9.84. The number of hydrogen-bond donors (Lipinski definition) is 1. The van der Waals surface area contributed by atoms with Crippen LogP contribution in [-0.4, -0.2) is 31.6 Å². The molecule has 0 amide bonds. The fourth-order valence-electron chi connectivity index (χ4n) is 3.17. The van der Waals surface area contributed by atoms with Gasteiger partial charge in [-0.15, -0.1) is 0 Å². The van der Waals surface area contributed by atoms with Crippen LogP contribution < -0.4 is 5.32 Å². The Kier molecular flexibility index (Phi) is 5.70. The second-order valence-corrected chi connectivity index (χ2v) is 6.49. The highest BCUT2D eigenvalue weighted by Crippen LogP contribution is 2.39. The van der Waals surface area contributed by atoms with Crippen LogP contribution in [0.2, 0.25) is 5.02 Å². The van der Waals surface area contributed by atoms with E-state index in [4.69, 9.17) is 11.6 Å². The van der Waals surface area contributed by atoms with Crippen molar-refractivity contribution < 1.29 is 0 Å². The molecule has 1 N–H and O–H groups in total. The quantitative estimate of drug-likeness (QED) is 0.884. The highest BCUT2D eigenvalue weighted by molar-refractivity contribution is 9.10. The number of nitrogens with zero attached hydrogens (tertiary/aromatic N) is 1. The van der Waals surface area contributed by atoms with E-state index in [9.17, 15) is 0 Å². The number of piperidine rings is 1. The number of hydrogen-bond acceptors (Lipinski definition) is 2. The zero-order chi connectivity index (χ0) is 13.8. The molecule has 106 valence electrons.